The molecule has 1 aromatic carbocycles. The number of aromatic nitrogens is 3. The average Bonchev–Trinajstić information content (AvgIpc) is 2.96. The van der Waals surface area contributed by atoms with E-state index in [4.69, 9.17) is 4.74 Å². The summed E-state index contributed by atoms with van der Waals surface area (Å²) in [5.74, 6) is 2.93. The van der Waals surface area contributed by atoms with E-state index >= 15 is 0 Å². The highest BCUT2D eigenvalue weighted by atomic mass is 127. The smallest absolute Gasteiger partial charge is 0.422 e. The highest BCUT2D eigenvalue weighted by Crippen LogP contribution is 2.19. The van der Waals surface area contributed by atoms with Gasteiger partial charge in [-0.25, -0.2) is 4.99 Å². The van der Waals surface area contributed by atoms with E-state index in [2.05, 4.69) is 30.4 Å². The van der Waals surface area contributed by atoms with Gasteiger partial charge < -0.3 is 19.9 Å². The van der Waals surface area contributed by atoms with Crippen LogP contribution in [-0.4, -0.2) is 46.6 Å². The third-order valence-electron chi connectivity index (χ3n) is 4.92. The van der Waals surface area contributed by atoms with Crippen LogP contribution in [0.25, 0.3) is 0 Å². The number of guanidine groups is 1. The SMILES string of the molecule is CCNC(=NCc1ccc(OCC(F)(F)F)cc1)NCCc1nnc2n1CCCCC2.I. The van der Waals surface area contributed by atoms with Gasteiger partial charge in [0, 0.05) is 32.5 Å². The molecule has 0 aliphatic carbocycles. The summed E-state index contributed by atoms with van der Waals surface area (Å²) in [6.45, 7) is 3.46. The largest absolute Gasteiger partial charge is 0.484 e. The molecule has 32 heavy (non-hydrogen) atoms. The second-order valence-corrected chi connectivity index (χ2v) is 7.41. The summed E-state index contributed by atoms with van der Waals surface area (Å²) < 4.78 is 43.7. The number of aryl methyl sites for hydroxylation is 1. The Morgan fingerprint density at radius 2 is 1.91 bits per heavy atom. The first-order valence-electron chi connectivity index (χ1n) is 10.7. The summed E-state index contributed by atoms with van der Waals surface area (Å²) >= 11 is 0. The van der Waals surface area contributed by atoms with Gasteiger partial charge in [-0.15, -0.1) is 34.2 Å². The van der Waals surface area contributed by atoms with Crippen LogP contribution >= 0.6 is 24.0 Å². The lowest BCUT2D eigenvalue weighted by molar-refractivity contribution is -0.153. The number of nitrogens with zero attached hydrogens (tertiary/aromatic N) is 4. The van der Waals surface area contributed by atoms with Gasteiger partial charge in [-0.2, -0.15) is 13.2 Å². The quantitative estimate of drug-likeness (QED) is 0.289. The van der Waals surface area contributed by atoms with E-state index in [1.54, 1.807) is 12.1 Å². The van der Waals surface area contributed by atoms with Crippen molar-refractivity contribution in [3.63, 3.8) is 0 Å². The van der Waals surface area contributed by atoms with Gasteiger partial charge >= 0.3 is 6.18 Å². The number of fused-ring (bicyclic) bond motifs is 1. The molecule has 2 heterocycles. The van der Waals surface area contributed by atoms with Crippen molar-refractivity contribution in [1.29, 1.82) is 0 Å². The summed E-state index contributed by atoms with van der Waals surface area (Å²) in [4.78, 5) is 4.55. The second-order valence-electron chi connectivity index (χ2n) is 7.41. The molecule has 0 spiro atoms. The minimum Gasteiger partial charge on any atom is -0.484 e. The first kappa shape index (κ1) is 26.2. The summed E-state index contributed by atoms with van der Waals surface area (Å²) in [7, 11) is 0. The van der Waals surface area contributed by atoms with Gasteiger partial charge in [0.25, 0.3) is 0 Å². The van der Waals surface area contributed by atoms with Crippen LogP contribution in [-0.2, 0) is 25.9 Å². The molecule has 7 nitrogen and oxygen atoms in total. The molecular weight excluding hydrogens is 536 g/mol. The van der Waals surface area contributed by atoms with Crippen molar-refractivity contribution >= 4 is 29.9 Å². The van der Waals surface area contributed by atoms with Crippen LogP contribution in [0.1, 0.15) is 43.4 Å². The van der Waals surface area contributed by atoms with Crippen molar-refractivity contribution < 1.29 is 17.9 Å². The molecule has 0 radical (unpaired) electrons. The normalized spacial score (nSPS) is 14.2. The van der Waals surface area contributed by atoms with E-state index in [0.717, 1.165) is 49.6 Å². The minimum absolute atomic E-state index is 0. The fraction of sp³-hybridized carbons (Fsp3) is 0.571. The highest BCUT2D eigenvalue weighted by molar-refractivity contribution is 14.0. The van der Waals surface area contributed by atoms with Gasteiger partial charge in [-0.3, -0.25) is 0 Å². The molecule has 3 rings (SSSR count). The number of halogens is 4. The maximum atomic E-state index is 12.2. The number of alkyl halides is 3. The lowest BCUT2D eigenvalue weighted by Gasteiger charge is -2.12. The van der Waals surface area contributed by atoms with E-state index in [9.17, 15) is 13.2 Å². The van der Waals surface area contributed by atoms with Crippen LogP contribution in [0.4, 0.5) is 13.2 Å². The first-order chi connectivity index (χ1) is 14.9. The van der Waals surface area contributed by atoms with Crippen LogP contribution in [0.2, 0.25) is 0 Å². The molecule has 0 atom stereocenters. The standard InChI is InChI=1S/C21H29F3N6O.HI/c1-2-25-20(26-12-11-19-29-28-18-6-4-3-5-13-30(18)19)27-14-16-7-9-17(10-8-16)31-15-21(22,23)24;/h7-10H,2-6,11-15H2,1H3,(H2,25,26,27);1H. The summed E-state index contributed by atoms with van der Waals surface area (Å²) in [5, 5.41) is 15.2. The van der Waals surface area contributed by atoms with Crippen LogP contribution in [0.5, 0.6) is 5.75 Å². The van der Waals surface area contributed by atoms with Crippen LogP contribution < -0.4 is 15.4 Å². The van der Waals surface area contributed by atoms with E-state index in [-0.39, 0.29) is 29.7 Å². The second kappa shape index (κ2) is 12.9. The van der Waals surface area contributed by atoms with Crippen LogP contribution in [0, 0.1) is 0 Å². The molecule has 0 saturated carbocycles. The number of rotatable bonds is 8. The van der Waals surface area contributed by atoms with Gasteiger partial charge in [0.1, 0.15) is 17.4 Å². The monoisotopic (exact) mass is 566 g/mol. The Morgan fingerprint density at radius 3 is 2.62 bits per heavy atom. The molecule has 178 valence electrons. The average molecular weight is 566 g/mol. The minimum atomic E-state index is -4.35. The van der Waals surface area contributed by atoms with E-state index < -0.39 is 12.8 Å². The van der Waals surface area contributed by atoms with E-state index in [1.807, 2.05) is 6.92 Å². The Hall–Kier alpha value is -2.05. The van der Waals surface area contributed by atoms with Crippen molar-refractivity contribution in [2.75, 3.05) is 19.7 Å². The van der Waals surface area contributed by atoms with Gasteiger partial charge in [0.2, 0.25) is 0 Å². The molecule has 0 saturated heterocycles. The zero-order chi connectivity index (χ0) is 22.1. The number of benzene rings is 1. The van der Waals surface area contributed by atoms with Gasteiger partial charge in [-0.1, -0.05) is 18.6 Å². The molecule has 0 fully saturated rings. The summed E-state index contributed by atoms with van der Waals surface area (Å²) in [6, 6.07) is 6.47. The molecule has 2 aromatic rings. The highest BCUT2D eigenvalue weighted by Gasteiger charge is 2.28. The third kappa shape index (κ3) is 8.47. The molecule has 0 amide bonds. The van der Waals surface area contributed by atoms with Crippen molar-refractivity contribution in [3.8, 4) is 5.75 Å². The van der Waals surface area contributed by atoms with Crippen molar-refractivity contribution in [3.05, 3.63) is 41.5 Å². The Balaban J connectivity index is 0.00000363. The fourth-order valence-electron chi connectivity index (χ4n) is 3.39. The zero-order valence-electron chi connectivity index (χ0n) is 18.1. The maximum Gasteiger partial charge on any atom is 0.422 e. The van der Waals surface area contributed by atoms with Crippen molar-refractivity contribution in [2.24, 2.45) is 4.99 Å². The zero-order valence-corrected chi connectivity index (χ0v) is 20.5. The predicted octanol–water partition coefficient (Wildman–Crippen LogP) is 3.86. The number of hydrogen-bond acceptors (Lipinski definition) is 4. The van der Waals surface area contributed by atoms with Crippen molar-refractivity contribution in [1.82, 2.24) is 25.4 Å². The molecular formula is C21H30F3IN6O. The number of ether oxygens (including phenoxy) is 1. The third-order valence-corrected chi connectivity index (χ3v) is 4.92. The van der Waals surface area contributed by atoms with Gasteiger partial charge in [-0.05, 0) is 37.5 Å². The Bertz CT molecular complexity index is 854. The summed E-state index contributed by atoms with van der Waals surface area (Å²) in [6.07, 6.45) is 0.958. The lowest BCUT2D eigenvalue weighted by atomic mass is 10.2. The number of nitrogens with one attached hydrogen (secondary N) is 2. The van der Waals surface area contributed by atoms with Crippen LogP contribution in [0.15, 0.2) is 29.3 Å². The Morgan fingerprint density at radius 1 is 1.12 bits per heavy atom. The van der Waals surface area contributed by atoms with E-state index in [1.165, 1.54) is 25.0 Å². The molecule has 0 bridgehead atoms. The Labute approximate surface area is 203 Å². The molecule has 11 heteroatoms. The van der Waals surface area contributed by atoms with E-state index in [0.29, 0.717) is 19.0 Å². The fourth-order valence-corrected chi connectivity index (χ4v) is 3.39. The van der Waals surface area contributed by atoms with Crippen LogP contribution in [0.3, 0.4) is 0 Å². The number of aliphatic imine (C=N–C) groups is 1. The van der Waals surface area contributed by atoms with Crippen molar-refractivity contribution in [2.45, 2.75) is 58.3 Å². The number of hydrogen-bond donors (Lipinski definition) is 2. The van der Waals surface area contributed by atoms with Gasteiger partial charge in [0.15, 0.2) is 12.6 Å². The molecule has 2 N–H and O–H groups in total. The lowest BCUT2D eigenvalue weighted by Crippen LogP contribution is -2.38. The van der Waals surface area contributed by atoms with Gasteiger partial charge in [0.05, 0.1) is 6.54 Å². The predicted molar refractivity (Wildman–Crippen MR) is 128 cm³/mol. The topological polar surface area (TPSA) is 76.4 Å². The Kier molecular flexibility index (Phi) is 10.5. The molecule has 1 aliphatic rings. The molecule has 0 unspecified atom stereocenters. The molecule has 1 aromatic heterocycles. The first-order valence-corrected chi connectivity index (χ1v) is 10.7. The summed E-state index contributed by atoms with van der Waals surface area (Å²) in [5.41, 5.74) is 0.874. The maximum absolute atomic E-state index is 12.2. The molecule has 1 aliphatic heterocycles.